The van der Waals surface area contributed by atoms with E-state index in [1.807, 2.05) is 48.6 Å². The molecule has 0 saturated heterocycles. The van der Waals surface area contributed by atoms with Gasteiger partial charge >= 0.3 is 6.09 Å². The van der Waals surface area contributed by atoms with Crippen molar-refractivity contribution in [2.24, 2.45) is 0 Å². The number of nitrogens with one attached hydrogen (secondary N) is 2. The normalized spacial score (nSPS) is 11.0. The van der Waals surface area contributed by atoms with E-state index < -0.39 is 6.09 Å². The topological polar surface area (TPSA) is 79.9 Å². The summed E-state index contributed by atoms with van der Waals surface area (Å²) in [5, 5.41) is 10.4. The lowest BCUT2D eigenvalue weighted by atomic mass is 10.2. The SMILES string of the molecule is O=C(NCCC=Cc1cnc2[nH]ncc2c1)OCc1ccccc1. The van der Waals surface area contributed by atoms with Gasteiger partial charge in [0.1, 0.15) is 6.61 Å². The maximum absolute atomic E-state index is 11.6. The number of nitrogens with zero attached hydrogens (tertiary/aromatic N) is 2. The van der Waals surface area contributed by atoms with Crippen molar-refractivity contribution in [2.45, 2.75) is 13.0 Å². The van der Waals surface area contributed by atoms with Crippen LogP contribution < -0.4 is 5.32 Å². The number of hydrogen-bond donors (Lipinski definition) is 2. The van der Waals surface area contributed by atoms with E-state index >= 15 is 0 Å². The van der Waals surface area contributed by atoms with Crippen molar-refractivity contribution in [3.8, 4) is 0 Å². The fourth-order valence-electron chi connectivity index (χ4n) is 2.20. The third-order valence-electron chi connectivity index (χ3n) is 3.42. The zero-order chi connectivity index (χ0) is 16.6. The van der Waals surface area contributed by atoms with E-state index in [9.17, 15) is 4.79 Å². The first-order chi connectivity index (χ1) is 11.8. The van der Waals surface area contributed by atoms with Gasteiger partial charge in [0.05, 0.1) is 6.20 Å². The minimum Gasteiger partial charge on any atom is -0.445 e. The van der Waals surface area contributed by atoms with Crippen LogP contribution in [-0.2, 0) is 11.3 Å². The van der Waals surface area contributed by atoms with Crippen molar-refractivity contribution < 1.29 is 9.53 Å². The van der Waals surface area contributed by atoms with Crippen molar-refractivity contribution >= 4 is 23.2 Å². The number of benzene rings is 1. The van der Waals surface area contributed by atoms with Gasteiger partial charge in [0.2, 0.25) is 0 Å². The molecule has 3 aromatic rings. The van der Waals surface area contributed by atoms with Gasteiger partial charge in [-0.3, -0.25) is 5.10 Å². The van der Waals surface area contributed by atoms with Crippen LogP contribution in [0.4, 0.5) is 4.79 Å². The van der Waals surface area contributed by atoms with Gasteiger partial charge in [0, 0.05) is 18.1 Å². The molecule has 24 heavy (non-hydrogen) atoms. The fourth-order valence-corrected chi connectivity index (χ4v) is 2.20. The number of amides is 1. The number of hydrogen-bond acceptors (Lipinski definition) is 4. The number of fused-ring (bicyclic) bond motifs is 1. The summed E-state index contributed by atoms with van der Waals surface area (Å²) in [5.74, 6) is 0. The zero-order valence-corrected chi connectivity index (χ0v) is 13.1. The summed E-state index contributed by atoms with van der Waals surface area (Å²) in [6.07, 6.45) is 7.78. The largest absolute Gasteiger partial charge is 0.445 e. The lowest BCUT2D eigenvalue weighted by Crippen LogP contribution is -2.24. The number of rotatable bonds is 6. The molecule has 1 amide bonds. The lowest BCUT2D eigenvalue weighted by Gasteiger charge is -2.05. The Labute approximate surface area is 139 Å². The third-order valence-corrected chi connectivity index (χ3v) is 3.42. The minimum absolute atomic E-state index is 0.277. The molecule has 0 saturated carbocycles. The molecule has 6 heteroatoms. The molecule has 0 aliphatic carbocycles. The summed E-state index contributed by atoms with van der Waals surface area (Å²) in [6.45, 7) is 0.796. The monoisotopic (exact) mass is 322 g/mol. The smallest absolute Gasteiger partial charge is 0.407 e. The van der Waals surface area contributed by atoms with Crippen LogP contribution in [0.5, 0.6) is 0 Å². The third kappa shape index (κ3) is 4.42. The number of carbonyl (C=O) groups excluding carboxylic acids is 1. The highest BCUT2D eigenvalue weighted by Crippen LogP contribution is 2.11. The van der Waals surface area contributed by atoms with Crippen LogP contribution in [0.1, 0.15) is 17.5 Å². The second-order valence-corrected chi connectivity index (χ2v) is 5.26. The summed E-state index contributed by atoms with van der Waals surface area (Å²) in [4.78, 5) is 15.9. The summed E-state index contributed by atoms with van der Waals surface area (Å²) in [7, 11) is 0. The molecule has 2 heterocycles. The van der Waals surface area contributed by atoms with Crippen LogP contribution in [0.15, 0.2) is 54.9 Å². The van der Waals surface area contributed by atoms with Crippen LogP contribution in [0, 0.1) is 0 Å². The van der Waals surface area contributed by atoms with Crippen molar-refractivity contribution in [1.82, 2.24) is 20.5 Å². The highest BCUT2D eigenvalue weighted by Gasteiger charge is 2.01. The van der Waals surface area contributed by atoms with Gasteiger partial charge in [-0.15, -0.1) is 0 Å². The van der Waals surface area contributed by atoms with E-state index in [0.717, 1.165) is 22.2 Å². The average Bonchev–Trinajstić information content (AvgIpc) is 3.08. The maximum Gasteiger partial charge on any atom is 0.407 e. The Hall–Kier alpha value is -3.15. The van der Waals surface area contributed by atoms with Crippen molar-refractivity contribution in [3.63, 3.8) is 0 Å². The second kappa shape index (κ2) is 7.92. The molecule has 0 spiro atoms. The molecule has 0 unspecified atom stereocenters. The van der Waals surface area contributed by atoms with Crippen LogP contribution in [0.3, 0.4) is 0 Å². The number of alkyl carbamates (subject to hydrolysis) is 1. The Bertz CT molecular complexity index is 827. The van der Waals surface area contributed by atoms with E-state index in [1.165, 1.54) is 0 Å². The van der Waals surface area contributed by atoms with Crippen LogP contribution in [-0.4, -0.2) is 27.8 Å². The summed E-state index contributed by atoms with van der Waals surface area (Å²) in [5.41, 5.74) is 2.74. The molecule has 1 aromatic carbocycles. The van der Waals surface area contributed by atoms with Gasteiger partial charge in [-0.25, -0.2) is 9.78 Å². The molecule has 6 nitrogen and oxygen atoms in total. The standard InChI is InChI=1S/C18H18N4O2/c23-18(24-13-14-6-2-1-3-7-14)19-9-5-4-8-15-10-16-12-21-22-17(16)20-11-15/h1-4,6-8,10-12H,5,9,13H2,(H,19,23)(H,20,21,22). The molecule has 0 aliphatic heterocycles. The second-order valence-electron chi connectivity index (χ2n) is 5.26. The molecular weight excluding hydrogens is 304 g/mol. The molecule has 0 fully saturated rings. The van der Waals surface area contributed by atoms with Gasteiger partial charge < -0.3 is 10.1 Å². The van der Waals surface area contributed by atoms with Gasteiger partial charge in [-0.05, 0) is 23.6 Å². The van der Waals surface area contributed by atoms with E-state index in [4.69, 9.17) is 4.74 Å². The van der Waals surface area contributed by atoms with Crippen molar-refractivity contribution in [2.75, 3.05) is 6.54 Å². The predicted molar refractivity (Wildman–Crippen MR) is 92.2 cm³/mol. The quantitative estimate of drug-likeness (QED) is 0.683. The van der Waals surface area contributed by atoms with Gasteiger partial charge in [-0.2, -0.15) is 5.10 Å². The Morgan fingerprint density at radius 2 is 2.12 bits per heavy atom. The molecule has 0 aliphatic rings. The Kier molecular flexibility index (Phi) is 5.19. The van der Waals surface area contributed by atoms with Gasteiger partial charge in [0.25, 0.3) is 0 Å². The Balaban J connectivity index is 1.37. The highest BCUT2D eigenvalue weighted by atomic mass is 16.5. The maximum atomic E-state index is 11.6. The summed E-state index contributed by atoms with van der Waals surface area (Å²) in [6, 6.07) is 11.6. The van der Waals surface area contributed by atoms with Crippen molar-refractivity contribution in [1.29, 1.82) is 0 Å². The Morgan fingerprint density at radius 3 is 3.00 bits per heavy atom. The van der Waals surface area contributed by atoms with E-state index in [1.54, 1.807) is 12.4 Å². The van der Waals surface area contributed by atoms with Gasteiger partial charge in [0.15, 0.2) is 5.65 Å². The number of aromatic amines is 1. The van der Waals surface area contributed by atoms with Gasteiger partial charge in [-0.1, -0.05) is 42.5 Å². The first-order valence-electron chi connectivity index (χ1n) is 7.71. The molecule has 2 N–H and O–H groups in total. The van der Waals surface area contributed by atoms with Crippen LogP contribution >= 0.6 is 0 Å². The van der Waals surface area contributed by atoms with E-state index in [-0.39, 0.29) is 6.61 Å². The summed E-state index contributed by atoms with van der Waals surface area (Å²) >= 11 is 0. The van der Waals surface area contributed by atoms with E-state index in [0.29, 0.717) is 13.0 Å². The highest BCUT2D eigenvalue weighted by molar-refractivity contribution is 5.76. The number of carbonyl (C=O) groups is 1. The van der Waals surface area contributed by atoms with E-state index in [2.05, 4.69) is 20.5 Å². The first kappa shape index (κ1) is 15.7. The number of ether oxygens (including phenoxy) is 1. The zero-order valence-electron chi connectivity index (χ0n) is 13.1. The number of H-pyrrole nitrogens is 1. The number of aromatic nitrogens is 3. The molecule has 0 atom stereocenters. The molecule has 0 radical (unpaired) electrons. The lowest BCUT2D eigenvalue weighted by molar-refractivity contribution is 0.140. The molecular formula is C18H18N4O2. The predicted octanol–water partition coefficient (Wildman–Crippen LogP) is 3.29. The molecule has 3 rings (SSSR count). The summed E-state index contributed by atoms with van der Waals surface area (Å²) < 4.78 is 5.14. The molecule has 2 aromatic heterocycles. The molecule has 122 valence electrons. The average molecular weight is 322 g/mol. The minimum atomic E-state index is -0.409. The number of pyridine rings is 1. The van der Waals surface area contributed by atoms with Crippen LogP contribution in [0.2, 0.25) is 0 Å². The fraction of sp³-hybridized carbons (Fsp3) is 0.167. The Morgan fingerprint density at radius 1 is 1.25 bits per heavy atom. The van der Waals surface area contributed by atoms with Crippen molar-refractivity contribution in [3.05, 3.63) is 66.0 Å². The van der Waals surface area contributed by atoms with Crippen LogP contribution in [0.25, 0.3) is 17.1 Å². The first-order valence-corrected chi connectivity index (χ1v) is 7.71. The molecule has 0 bridgehead atoms.